The highest BCUT2D eigenvalue weighted by atomic mass is 19.1. The fraction of sp³-hybridized carbons (Fsp3) is 0.385. The molecule has 1 aromatic rings. The Morgan fingerprint density at radius 2 is 2.29 bits per heavy atom. The fourth-order valence-electron chi connectivity index (χ4n) is 1.67. The van der Waals surface area contributed by atoms with Crippen LogP contribution in [-0.4, -0.2) is 36.8 Å². The molecule has 0 atom stereocenters. The van der Waals surface area contributed by atoms with Gasteiger partial charge in [-0.05, 0) is 18.2 Å². The molecule has 3 nitrogen and oxygen atoms in total. The number of benzene rings is 1. The zero-order valence-corrected chi connectivity index (χ0v) is 10.0. The van der Waals surface area contributed by atoms with Crippen LogP contribution in [0.2, 0.25) is 0 Å². The van der Waals surface area contributed by atoms with Crippen LogP contribution in [-0.2, 0) is 6.54 Å². The number of ether oxygens (including phenoxy) is 1. The van der Waals surface area contributed by atoms with Gasteiger partial charge in [-0.15, -0.1) is 6.58 Å². The predicted molar refractivity (Wildman–Crippen MR) is 65.5 cm³/mol. The Bertz CT molecular complexity index is 368. The lowest BCUT2D eigenvalue weighted by Crippen LogP contribution is -2.26. The molecule has 0 saturated heterocycles. The largest absolute Gasteiger partial charge is 0.496 e. The van der Waals surface area contributed by atoms with Crippen molar-refractivity contribution in [2.24, 2.45) is 0 Å². The van der Waals surface area contributed by atoms with E-state index in [9.17, 15) is 4.39 Å². The van der Waals surface area contributed by atoms with E-state index in [-0.39, 0.29) is 12.4 Å². The lowest BCUT2D eigenvalue weighted by atomic mass is 10.2. The molecule has 0 aliphatic heterocycles. The molecule has 0 bridgehead atoms. The standard InChI is InChI=1S/C13H18FNO2/c1-3-6-15(7-8-16)10-11-9-12(14)4-5-13(11)17-2/h3-5,9,16H,1,6-8,10H2,2H3. The second-order valence-corrected chi connectivity index (χ2v) is 3.70. The van der Waals surface area contributed by atoms with Gasteiger partial charge in [0, 0.05) is 25.2 Å². The van der Waals surface area contributed by atoms with Gasteiger partial charge >= 0.3 is 0 Å². The number of methoxy groups -OCH3 is 1. The minimum absolute atomic E-state index is 0.0610. The van der Waals surface area contributed by atoms with Gasteiger partial charge in [0.15, 0.2) is 0 Å². The minimum atomic E-state index is -0.289. The van der Waals surface area contributed by atoms with E-state index in [4.69, 9.17) is 9.84 Å². The molecule has 0 aliphatic rings. The molecule has 1 rings (SSSR count). The van der Waals surface area contributed by atoms with Crippen molar-refractivity contribution in [2.75, 3.05) is 26.8 Å². The van der Waals surface area contributed by atoms with Crippen molar-refractivity contribution in [3.8, 4) is 5.75 Å². The molecule has 0 unspecified atom stereocenters. The Morgan fingerprint density at radius 1 is 1.53 bits per heavy atom. The van der Waals surface area contributed by atoms with E-state index in [1.807, 2.05) is 4.90 Å². The Morgan fingerprint density at radius 3 is 2.88 bits per heavy atom. The van der Waals surface area contributed by atoms with Gasteiger partial charge in [-0.3, -0.25) is 4.90 Å². The molecule has 0 amide bonds. The highest BCUT2D eigenvalue weighted by Crippen LogP contribution is 2.20. The summed E-state index contributed by atoms with van der Waals surface area (Å²) in [5.41, 5.74) is 0.766. The summed E-state index contributed by atoms with van der Waals surface area (Å²) in [6.45, 7) is 5.40. The Hall–Kier alpha value is -1.39. The molecule has 0 radical (unpaired) electrons. The molecular formula is C13H18FNO2. The third kappa shape index (κ3) is 4.17. The van der Waals surface area contributed by atoms with Crippen LogP contribution >= 0.6 is 0 Å². The Kier molecular flexibility index (Phi) is 5.66. The van der Waals surface area contributed by atoms with Gasteiger partial charge in [0.2, 0.25) is 0 Å². The fourth-order valence-corrected chi connectivity index (χ4v) is 1.67. The van der Waals surface area contributed by atoms with Crippen LogP contribution in [0.5, 0.6) is 5.75 Å². The van der Waals surface area contributed by atoms with E-state index in [1.54, 1.807) is 19.3 Å². The zero-order valence-electron chi connectivity index (χ0n) is 10.0. The summed E-state index contributed by atoms with van der Waals surface area (Å²) in [5, 5.41) is 8.94. The lowest BCUT2D eigenvalue weighted by molar-refractivity contribution is 0.202. The Labute approximate surface area is 101 Å². The number of halogens is 1. The molecule has 17 heavy (non-hydrogen) atoms. The molecule has 0 aliphatic carbocycles. The first kappa shape index (κ1) is 13.7. The van der Waals surface area contributed by atoms with Gasteiger partial charge in [-0.1, -0.05) is 6.08 Å². The van der Waals surface area contributed by atoms with Crippen LogP contribution in [0, 0.1) is 5.82 Å². The van der Waals surface area contributed by atoms with Crippen molar-refractivity contribution in [1.82, 2.24) is 4.90 Å². The minimum Gasteiger partial charge on any atom is -0.496 e. The quantitative estimate of drug-likeness (QED) is 0.737. The van der Waals surface area contributed by atoms with Gasteiger partial charge in [0.25, 0.3) is 0 Å². The molecule has 0 fully saturated rings. The first-order valence-corrected chi connectivity index (χ1v) is 5.47. The SMILES string of the molecule is C=CCN(CCO)Cc1cc(F)ccc1OC. The van der Waals surface area contributed by atoms with Crippen molar-refractivity contribution >= 4 is 0 Å². The Balaban J connectivity index is 2.82. The molecule has 0 spiro atoms. The summed E-state index contributed by atoms with van der Waals surface area (Å²) < 4.78 is 18.3. The molecular weight excluding hydrogens is 221 g/mol. The third-order valence-corrected chi connectivity index (χ3v) is 2.44. The number of aliphatic hydroxyl groups is 1. The number of aliphatic hydroxyl groups excluding tert-OH is 1. The number of rotatable bonds is 7. The number of hydrogen-bond acceptors (Lipinski definition) is 3. The molecule has 0 aromatic heterocycles. The summed E-state index contributed by atoms with van der Waals surface area (Å²) in [6.07, 6.45) is 1.75. The molecule has 0 saturated carbocycles. The summed E-state index contributed by atoms with van der Waals surface area (Å²) in [6, 6.07) is 4.42. The molecule has 4 heteroatoms. The van der Waals surface area contributed by atoms with Crippen molar-refractivity contribution in [2.45, 2.75) is 6.54 Å². The maximum atomic E-state index is 13.2. The van der Waals surface area contributed by atoms with Crippen LogP contribution in [0.15, 0.2) is 30.9 Å². The van der Waals surface area contributed by atoms with Gasteiger partial charge < -0.3 is 9.84 Å². The second kappa shape index (κ2) is 7.04. The van der Waals surface area contributed by atoms with Crippen molar-refractivity contribution in [1.29, 1.82) is 0 Å². The van der Waals surface area contributed by atoms with E-state index in [0.29, 0.717) is 25.4 Å². The summed E-state index contributed by atoms with van der Waals surface area (Å²) >= 11 is 0. The van der Waals surface area contributed by atoms with E-state index in [0.717, 1.165) is 5.56 Å². The van der Waals surface area contributed by atoms with Crippen LogP contribution < -0.4 is 4.74 Å². The van der Waals surface area contributed by atoms with Crippen LogP contribution in [0.3, 0.4) is 0 Å². The highest BCUT2D eigenvalue weighted by Gasteiger charge is 2.09. The lowest BCUT2D eigenvalue weighted by Gasteiger charge is -2.20. The first-order valence-electron chi connectivity index (χ1n) is 5.47. The topological polar surface area (TPSA) is 32.7 Å². The van der Waals surface area contributed by atoms with Crippen molar-refractivity contribution in [3.05, 3.63) is 42.2 Å². The maximum absolute atomic E-state index is 13.2. The van der Waals surface area contributed by atoms with Crippen molar-refractivity contribution < 1.29 is 14.2 Å². The maximum Gasteiger partial charge on any atom is 0.123 e. The summed E-state index contributed by atoms with van der Waals surface area (Å²) in [7, 11) is 1.56. The van der Waals surface area contributed by atoms with E-state index in [1.165, 1.54) is 12.1 Å². The smallest absolute Gasteiger partial charge is 0.123 e. The van der Waals surface area contributed by atoms with Crippen molar-refractivity contribution in [3.63, 3.8) is 0 Å². The first-order chi connectivity index (χ1) is 8.21. The summed E-state index contributed by atoms with van der Waals surface area (Å²) in [5.74, 6) is 0.363. The van der Waals surface area contributed by atoms with Gasteiger partial charge in [-0.25, -0.2) is 4.39 Å². The van der Waals surface area contributed by atoms with E-state index >= 15 is 0 Å². The molecule has 94 valence electrons. The van der Waals surface area contributed by atoms with Crippen LogP contribution in [0.25, 0.3) is 0 Å². The third-order valence-electron chi connectivity index (χ3n) is 2.44. The summed E-state index contributed by atoms with van der Waals surface area (Å²) in [4.78, 5) is 1.96. The van der Waals surface area contributed by atoms with E-state index in [2.05, 4.69) is 6.58 Å². The van der Waals surface area contributed by atoms with E-state index < -0.39 is 0 Å². The molecule has 1 N–H and O–H groups in total. The molecule has 1 aromatic carbocycles. The van der Waals surface area contributed by atoms with Gasteiger partial charge in [-0.2, -0.15) is 0 Å². The average molecular weight is 239 g/mol. The second-order valence-electron chi connectivity index (χ2n) is 3.70. The molecule has 0 heterocycles. The van der Waals surface area contributed by atoms with Gasteiger partial charge in [0.1, 0.15) is 11.6 Å². The average Bonchev–Trinajstić information content (AvgIpc) is 2.30. The van der Waals surface area contributed by atoms with Gasteiger partial charge in [0.05, 0.1) is 13.7 Å². The van der Waals surface area contributed by atoms with Crippen LogP contribution in [0.4, 0.5) is 4.39 Å². The predicted octanol–water partition coefficient (Wildman–Crippen LogP) is 1.81. The highest BCUT2D eigenvalue weighted by molar-refractivity contribution is 5.33. The van der Waals surface area contributed by atoms with Crippen LogP contribution in [0.1, 0.15) is 5.56 Å². The normalized spacial score (nSPS) is 10.6. The zero-order chi connectivity index (χ0) is 12.7. The monoisotopic (exact) mass is 239 g/mol. The number of nitrogens with zero attached hydrogens (tertiary/aromatic N) is 1. The number of hydrogen-bond donors (Lipinski definition) is 1.